The van der Waals surface area contributed by atoms with Gasteiger partial charge in [-0.15, -0.1) is 0 Å². The van der Waals surface area contributed by atoms with E-state index in [1.807, 2.05) is 11.8 Å². The molecule has 3 rings (SSSR count). The third-order valence-corrected chi connectivity index (χ3v) is 3.35. The van der Waals surface area contributed by atoms with E-state index in [0.29, 0.717) is 0 Å². The molecule has 0 amide bonds. The summed E-state index contributed by atoms with van der Waals surface area (Å²) in [5.74, 6) is 1.11. The SMILES string of the molecule is c1ccc2c(c1)ccn2C1=NCCS1. The van der Waals surface area contributed by atoms with Gasteiger partial charge in [0.15, 0.2) is 5.17 Å². The van der Waals surface area contributed by atoms with Crippen molar-refractivity contribution in [2.45, 2.75) is 0 Å². The number of para-hydroxylation sites is 1. The van der Waals surface area contributed by atoms with Gasteiger partial charge in [0.2, 0.25) is 0 Å². The van der Waals surface area contributed by atoms with Gasteiger partial charge in [-0.3, -0.25) is 9.56 Å². The van der Waals surface area contributed by atoms with E-state index in [-0.39, 0.29) is 0 Å². The summed E-state index contributed by atoms with van der Waals surface area (Å²) in [7, 11) is 0. The Hall–Kier alpha value is -1.22. The molecule has 70 valence electrons. The summed E-state index contributed by atoms with van der Waals surface area (Å²) >= 11 is 1.83. The lowest BCUT2D eigenvalue weighted by Crippen LogP contribution is -2.02. The number of hydrogen-bond donors (Lipinski definition) is 0. The Morgan fingerprint density at radius 3 is 3.00 bits per heavy atom. The molecule has 0 aliphatic carbocycles. The fourth-order valence-corrected chi connectivity index (χ4v) is 2.57. The zero-order valence-corrected chi connectivity index (χ0v) is 8.50. The maximum absolute atomic E-state index is 4.47. The first kappa shape index (κ1) is 8.12. The molecule has 0 atom stereocenters. The lowest BCUT2D eigenvalue weighted by Gasteiger charge is -2.02. The van der Waals surface area contributed by atoms with Crippen molar-refractivity contribution in [1.82, 2.24) is 4.57 Å². The zero-order chi connectivity index (χ0) is 9.38. The Balaban J connectivity index is 2.21. The number of thioether (sulfide) groups is 1. The minimum Gasteiger partial charge on any atom is -0.296 e. The van der Waals surface area contributed by atoms with Crippen LogP contribution in [-0.2, 0) is 0 Å². The van der Waals surface area contributed by atoms with Crippen LogP contribution in [0, 0.1) is 0 Å². The molecule has 3 heteroatoms. The van der Waals surface area contributed by atoms with Gasteiger partial charge in [-0.05, 0) is 12.1 Å². The lowest BCUT2D eigenvalue weighted by atomic mass is 10.2. The molecule has 0 spiro atoms. The van der Waals surface area contributed by atoms with Crippen LogP contribution in [0.1, 0.15) is 0 Å². The molecule has 1 aromatic heterocycles. The number of aliphatic imine (C=N–C) groups is 1. The van der Waals surface area contributed by atoms with Crippen LogP contribution in [0.4, 0.5) is 0 Å². The smallest absolute Gasteiger partial charge is 0.167 e. The minimum atomic E-state index is 0.951. The van der Waals surface area contributed by atoms with Crippen molar-refractivity contribution in [2.24, 2.45) is 4.99 Å². The molecule has 1 aromatic carbocycles. The Bertz CT molecular complexity index is 499. The number of aromatic nitrogens is 1. The molecule has 1 aliphatic rings. The van der Waals surface area contributed by atoms with Gasteiger partial charge in [0.25, 0.3) is 0 Å². The van der Waals surface area contributed by atoms with E-state index in [1.54, 1.807) is 0 Å². The van der Waals surface area contributed by atoms with Crippen molar-refractivity contribution in [3.63, 3.8) is 0 Å². The minimum absolute atomic E-state index is 0.951. The number of benzene rings is 1. The molecule has 0 saturated heterocycles. The van der Waals surface area contributed by atoms with E-state index in [2.05, 4.69) is 46.1 Å². The van der Waals surface area contributed by atoms with Crippen LogP contribution >= 0.6 is 11.8 Å². The lowest BCUT2D eigenvalue weighted by molar-refractivity contribution is 1.14. The summed E-state index contributed by atoms with van der Waals surface area (Å²) in [6.45, 7) is 0.951. The van der Waals surface area contributed by atoms with Crippen LogP contribution in [0.3, 0.4) is 0 Å². The topological polar surface area (TPSA) is 17.3 Å². The van der Waals surface area contributed by atoms with Crippen LogP contribution in [0.25, 0.3) is 10.9 Å². The fourth-order valence-electron chi connectivity index (χ4n) is 1.72. The Morgan fingerprint density at radius 2 is 2.14 bits per heavy atom. The van der Waals surface area contributed by atoms with E-state index in [1.165, 1.54) is 10.9 Å². The normalized spacial score (nSPS) is 16.1. The zero-order valence-electron chi connectivity index (χ0n) is 7.68. The molecule has 1 aliphatic heterocycles. The summed E-state index contributed by atoms with van der Waals surface area (Å²) in [4.78, 5) is 4.47. The van der Waals surface area contributed by atoms with Crippen LogP contribution in [-0.4, -0.2) is 22.0 Å². The first-order chi connectivity index (χ1) is 6.95. The van der Waals surface area contributed by atoms with Crippen LogP contribution in [0.2, 0.25) is 0 Å². The number of nitrogens with zero attached hydrogens (tertiary/aromatic N) is 2. The molecule has 0 radical (unpaired) electrons. The van der Waals surface area contributed by atoms with E-state index in [0.717, 1.165) is 17.5 Å². The third kappa shape index (κ3) is 1.16. The van der Waals surface area contributed by atoms with Crippen molar-refractivity contribution in [3.8, 4) is 0 Å². The quantitative estimate of drug-likeness (QED) is 0.642. The van der Waals surface area contributed by atoms with Crippen LogP contribution < -0.4 is 0 Å². The predicted molar refractivity (Wildman–Crippen MR) is 62.1 cm³/mol. The summed E-state index contributed by atoms with van der Waals surface area (Å²) < 4.78 is 2.17. The fraction of sp³-hybridized carbons (Fsp3) is 0.182. The Morgan fingerprint density at radius 1 is 1.21 bits per heavy atom. The van der Waals surface area contributed by atoms with Crippen molar-refractivity contribution in [3.05, 3.63) is 36.5 Å². The van der Waals surface area contributed by atoms with Gasteiger partial charge in [-0.25, -0.2) is 0 Å². The molecule has 0 fully saturated rings. The Kier molecular flexibility index (Phi) is 1.84. The van der Waals surface area contributed by atoms with Crippen molar-refractivity contribution in [2.75, 3.05) is 12.3 Å². The second-order valence-electron chi connectivity index (χ2n) is 3.26. The molecule has 14 heavy (non-hydrogen) atoms. The first-order valence-electron chi connectivity index (χ1n) is 4.69. The molecule has 0 unspecified atom stereocenters. The Labute approximate surface area is 86.6 Å². The summed E-state index contributed by atoms with van der Waals surface area (Å²) in [6.07, 6.45) is 2.10. The maximum Gasteiger partial charge on any atom is 0.167 e. The highest BCUT2D eigenvalue weighted by atomic mass is 32.2. The molecule has 0 saturated carbocycles. The van der Waals surface area contributed by atoms with Crippen molar-refractivity contribution < 1.29 is 0 Å². The number of hydrogen-bond acceptors (Lipinski definition) is 2. The van der Waals surface area contributed by atoms with Crippen molar-refractivity contribution >= 4 is 27.8 Å². The van der Waals surface area contributed by atoms with Gasteiger partial charge in [0.1, 0.15) is 0 Å². The molecule has 2 aromatic rings. The van der Waals surface area contributed by atoms with E-state index >= 15 is 0 Å². The van der Waals surface area contributed by atoms with Gasteiger partial charge in [0.05, 0.1) is 12.1 Å². The standard InChI is InChI=1S/C11H10N2S/c1-2-4-10-9(3-1)5-7-13(10)11-12-6-8-14-11/h1-5,7H,6,8H2. The van der Waals surface area contributed by atoms with Crippen molar-refractivity contribution in [1.29, 1.82) is 0 Å². The van der Waals surface area contributed by atoms with E-state index in [9.17, 15) is 0 Å². The third-order valence-electron chi connectivity index (χ3n) is 2.38. The number of rotatable bonds is 0. The van der Waals surface area contributed by atoms with Crippen LogP contribution in [0.5, 0.6) is 0 Å². The largest absolute Gasteiger partial charge is 0.296 e. The molecule has 0 bridgehead atoms. The van der Waals surface area contributed by atoms with Gasteiger partial charge in [0, 0.05) is 17.3 Å². The molecule has 0 N–H and O–H groups in total. The second-order valence-corrected chi connectivity index (χ2v) is 4.32. The highest BCUT2D eigenvalue weighted by Gasteiger charge is 2.10. The first-order valence-corrected chi connectivity index (χ1v) is 5.67. The maximum atomic E-state index is 4.47. The average Bonchev–Trinajstić information content (AvgIpc) is 2.85. The highest BCUT2D eigenvalue weighted by molar-refractivity contribution is 8.14. The average molecular weight is 202 g/mol. The second kappa shape index (κ2) is 3.17. The van der Waals surface area contributed by atoms with E-state index in [4.69, 9.17) is 0 Å². The molecular formula is C11H10N2S. The molecular weight excluding hydrogens is 192 g/mol. The van der Waals surface area contributed by atoms with Gasteiger partial charge < -0.3 is 0 Å². The number of fused-ring (bicyclic) bond motifs is 1. The molecule has 2 heterocycles. The predicted octanol–water partition coefficient (Wildman–Crippen LogP) is 2.59. The monoisotopic (exact) mass is 202 g/mol. The summed E-state index contributed by atoms with van der Waals surface area (Å²) in [5.41, 5.74) is 1.25. The highest BCUT2D eigenvalue weighted by Crippen LogP contribution is 2.21. The summed E-state index contributed by atoms with van der Waals surface area (Å²) in [6, 6.07) is 10.5. The van der Waals surface area contributed by atoms with Gasteiger partial charge >= 0.3 is 0 Å². The summed E-state index contributed by atoms with van der Waals surface area (Å²) in [5, 5.41) is 2.41. The van der Waals surface area contributed by atoms with Gasteiger partial charge in [-0.2, -0.15) is 0 Å². The molecule has 2 nitrogen and oxygen atoms in total. The van der Waals surface area contributed by atoms with Crippen LogP contribution in [0.15, 0.2) is 41.5 Å². The van der Waals surface area contributed by atoms with Gasteiger partial charge in [-0.1, -0.05) is 30.0 Å². The van der Waals surface area contributed by atoms with E-state index < -0.39 is 0 Å².